The highest BCUT2D eigenvalue weighted by Gasteiger charge is 2.49. The number of carbonyl (C=O) groups is 2. The third-order valence-electron chi connectivity index (χ3n) is 4.96. The number of aliphatic hydroxyl groups excluding tert-OH is 3. The Bertz CT molecular complexity index is 908. The molecule has 0 aliphatic carbocycles. The Balaban J connectivity index is 1.59. The van der Waals surface area contributed by atoms with E-state index in [1.165, 1.54) is 12.2 Å². The fourth-order valence-corrected chi connectivity index (χ4v) is 3.48. The van der Waals surface area contributed by atoms with E-state index >= 15 is 0 Å². The van der Waals surface area contributed by atoms with Crippen LogP contribution < -0.4 is 0 Å². The highest BCUT2D eigenvalue weighted by atomic mass is 16.6. The van der Waals surface area contributed by atoms with Crippen LogP contribution in [0.25, 0.3) is 11.0 Å². The molecule has 1 aromatic heterocycles. The van der Waals surface area contributed by atoms with Crippen molar-refractivity contribution in [3.63, 3.8) is 0 Å². The molecule has 3 N–H and O–H groups in total. The number of hydrogen-bond donors (Lipinski definition) is 3. The molecule has 2 aliphatic heterocycles. The van der Waals surface area contributed by atoms with Gasteiger partial charge in [0.25, 0.3) is 5.91 Å². The quantitative estimate of drug-likeness (QED) is 0.601. The summed E-state index contributed by atoms with van der Waals surface area (Å²) in [6.07, 6.45) is -2.15. The number of aliphatic hydroxyl groups is 3. The highest BCUT2D eigenvalue weighted by molar-refractivity contribution is 6.05. The summed E-state index contributed by atoms with van der Waals surface area (Å²) in [6, 6.07) is 7.09. The molecule has 3 heterocycles. The molecule has 0 saturated carbocycles. The lowest BCUT2D eigenvalue weighted by atomic mass is 9.92. The number of hydrogen-bond acceptors (Lipinski definition) is 8. The van der Waals surface area contributed by atoms with Gasteiger partial charge in [-0.05, 0) is 12.1 Å². The van der Waals surface area contributed by atoms with Gasteiger partial charge in [-0.2, -0.15) is 0 Å². The van der Waals surface area contributed by atoms with Gasteiger partial charge in [-0.1, -0.05) is 23.4 Å². The summed E-state index contributed by atoms with van der Waals surface area (Å²) in [5.41, 5.74) is 0.975. The van der Waals surface area contributed by atoms with E-state index in [0.717, 1.165) is 4.90 Å². The van der Waals surface area contributed by atoms with Crippen molar-refractivity contribution in [3.8, 4) is 0 Å². The zero-order chi connectivity index (χ0) is 19.1. The molecule has 0 radical (unpaired) electrons. The maximum atomic E-state index is 12.9. The topological polar surface area (TPSA) is 133 Å². The van der Waals surface area contributed by atoms with Gasteiger partial charge in [0.2, 0.25) is 5.91 Å². The fraction of sp³-hybridized carbons (Fsp3) is 0.389. The molecule has 0 spiro atoms. The average Bonchev–Trinajstić information content (AvgIpc) is 3.21. The smallest absolute Gasteiger partial charge is 0.253 e. The first-order valence-electron chi connectivity index (χ1n) is 8.50. The summed E-state index contributed by atoms with van der Waals surface area (Å²) < 4.78 is 10.6. The number of nitrogens with zero attached hydrogens (tertiary/aromatic N) is 2. The zero-order valence-corrected chi connectivity index (χ0v) is 14.1. The second-order valence-corrected chi connectivity index (χ2v) is 6.58. The number of aromatic nitrogens is 1. The Kier molecular flexibility index (Phi) is 4.52. The Morgan fingerprint density at radius 2 is 1.93 bits per heavy atom. The van der Waals surface area contributed by atoms with E-state index in [-0.39, 0.29) is 6.54 Å². The molecule has 1 aromatic carbocycles. The molecule has 4 rings (SSSR count). The largest absolute Gasteiger partial charge is 0.394 e. The van der Waals surface area contributed by atoms with Gasteiger partial charge in [-0.3, -0.25) is 14.5 Å². The van der Waals surface area contributed by atoms with Crippen LogP contribution in [0.15, 0.2) is 40.9 Å². The maximum Gasteiger partial charge on any atom is 0.253 e. The van der Waals surface area contributed by atoms with Crippen molar-refractivity contribution in [2.45, 2.75) is 31.0 Å². The molecule has 0 bridgehead atoms. The Morgan fingerprint density at radius 1 is 1.15 bits per heavy atom. The molecule has 142 valence electrons. The first-order valence-corrected chi connectivity index (χ1v) is 8.50. The third-order valence-corrected chi connectivity index (χ3v) is 4.96. The van der Waals surface area contributed by atoms with E-state index in [0.29, 0.717) is 16.7 Å². The van der Waals surface area contributed by atoms with E-state index in [2.05, 4.69) is 5.16 Å². The number of rotatable bonds is 4. The van der Waals surface area contributed by atoms with Crippen molar-refractivity contribution in [1.29, 1.82) is 0 Å². The van der Waals surface area contributed by atoms with Crippen LogP contribution in [-0.4, -0.2) is 68.2 Å². The van der Waals surface area contributed by atoms with Crippen LogP contribution in [0.4, 0.5) is 0 Å². The van der Waals surface area contributed by atoms with Crippen molar-refractivity contribution in [3.05, 3.63) is 42.1 Å². The highest BCUT2D eigenvalue weighted by Crippen LogP contribution is 2.31. The normalized spacial score (nSPS) is 31.2. The molecule has 1 fully saturated rings. The lowest BCUT2D eigenvalue weighted by Gasteiger charge is -2.30. The van der Waals surface area contributed by atoms with Crippen molar-refractivity contribution in [2.24, 2.45) is 5.92 Å². The second kappa shape index (κ2) is 6.86. The minimum absolute atomic E-state index is 0.0929. The Morgan fingerprint density at radius 3 is 2.67 bits per heavy atom. The maximum absolute atomic E-state index is 12.9. The predicted octanol–water partition coefficient (Wildman–Crippen LogP) is -0.650. The van der Waals surface area contributed by atoms with Gasteiger partial charge in [0.05, 0.1) is 19.1 Å². The molecule has 5 atom stereocenters. The van der Waals surface area contributed by atoms with E-state index in [1.54, 1.807) is 24.3 Å². The van der Waals surface area contributed by atoms with Gasteiger partial charge in [0.15, 0.2) is 5.58 Å². The Hall–Kier alpha value is -2.59. The summed E-state index contributed by atoms with van der Waals surface area (Å²) in [5.74, 6) is -2.07. The number of amides is 2. The molecule has 1 saturated heterocycles. The number of fused-ring (bicyclic) bond motifs is 1. The minimum Gasteiger partial charge on any atom is -0.394 e. The van der Waals surface area contributed by atoms with Crippen LogP contribution in [0.1, 0.15) is 5.69 Å². The van der Waals surface area contributed by atoms with Crippen LogP contribution in [0, 0.1) is 5.92 Å². The van der Waals surface area contributed by atoms with Crippen LogP contribution >= 0.6 is 0 Å². The fourth-order valence-electron chi connectivity index (χ4n) is 3.48. The van der Waals surface area contributed by atoms with E-state index < -0.39 is 48.8 Å². The summed E-state index contributed by atoms with van der Waals surface area (Å²) in [6.45, 7) is -0.586. The van der Waals surface area contributed by atoms with Gasteiger partial charge >= 0.3 is 0 Å². The summed E-state index contributed by atoms with van der Waals surface area (Å²) in [5, 5.41) is 33.9. The summed E-state index contributed by atoms with van der Waals surface area (Å²) in [4.78, 5) is 26.2. The van der Waals surface area contributed by atoms with E-state index in [9.17, 15) is 24.9 Å². The SMILES string of the molecule is O=C1C=CC(C2OC(CO)C(O)C2O)C(=O)N1Cc1noc2ccccc12. The van der Waals surface area contributed by atoms with Gasteiger partial charge in [0, 0.05) is 11.5 Å². The first kappa shape index (κ1) is 17.8. The molecular formula is C18H18N2O7. The van der Waals surface area contributed by atoms with Crippen molar-refractivity contribution in [1.82, 2.24) is 10.1 Å². The van der Waals surface area contributed by atoms with Crippen LogP contribution in [0.3, 0.4) is 0 Å². The van der Waals surface area contributed by atoms with Gasteiger partial charge in [-0.25, -0.2) is 0 Å². The van der Waals surface area contributed by atoms with Gasteiger partial charge in [-0.15, -0.1) is 0 Å². The minimum atomic E-state index is -1.36. The summed E-state index contributed by atoms with van der Waals surface area (Å²) >= 11 is 0. The summed E-state index contributed by atoms with van der Waals surface area (Å²) in [7, 11) is 0. The number of benzene rings is 1. The molecular weight excluding hydrogens is 356 g/mol. The molecule has 9 heteroatoms. The number of carbonyl (C=O) groups excluding carboxylic acids is 2. The second-order valence-electron chi connectivity index (χ2n) is 6.58. The standard InChI is InChI=1S/C18H18N2O7/c21-8-13-15(23)16(24)17(26-13)10-5-6-14(22)20(18(10)25)7-11-9-3-1-2-4-12(9)27-19-11/h1-6,10,13,15-17,21,23-24H,7-8H2. The van der Waals surface area contributed by atoms with Crippen molar-refractivity contribution in [2.75, 3.05) is 6.61 Å². The predicted molar refractivity (Wildman–Crippen MR) is 90.0 cm³/mol. The lowest BCUT2D eigenvalue weighted by molar-refractivity contribution is -0.150. The average molecular weight is 374 g/mol. The molecule has 9 nitrogen and oxygen atoms in total. The van der Waals surface area contributed by atoms with E-state index in [1.807, 2.05) is 0 Å². The third kappa shape index (κ3) is 2.94. The zero-order valence-electron chi connectivity index (χ0n) is 14.1. The first-order chi connectivity index (χ1) is 13.0. The number of ether oxygens (including phenoxy) is 1. The molecule has 5 unspecified atom stereocenters. The van der Waals surface area contributed by atoms with Crippen LogP contribution in [-0.2, 0) is 20.9 Å². The number of para-hydroxylation sites is 1. The molecule has 27 heavy (non-hydrogen) atoms. The molecule has 2 aromatic rings. The van der Waals surface area contributed by atoms with Crippen LogP contribution in [0.2, 0.25) is 0 Å². The van der Waals surface area contributed by atoms with Crippen molar-refractivity contribution >= 4 is 22.8 Å². The Labute approximate surface area is 153 Å². The van der Waals surface area contributed by atoms with Gasteiger partial charge in [0.1, 0.15) is 30.1 Å². The van der Waals surface area contributed by atoms with E-state index in [4.69, 9.17) is 9.26 Å². The monoisotopic (exact) mass is 374 g/mol. The lowest BCUT2D eigenvalue weighted by Crippen LogP contribution is -2.48. The van der Waals surface area contributed by atoms with Gasteiger partial charge < -0.3 is 24.6 Å². The molecule has 2 amide bonds. The number of imide groups is 1. The molecule has 2 aliphatic rings. The van der Waals surface area contributed by atoms with Crippen molar-refractivity contribution < 1.29 is 34.2 Å². The van der Waals surface area contributed by atoms with Crippen LogP contribution in [0.5, 0.6) is 0 Å².